The molecule has 1 aromatic rings. The molecule has 0 saturated carbocycles. The molecule has 0 radical (unpaired) electrons. The topological polar surface area (TPSA) is 17.1 Å². The quantitative estimate of drug-likeness (QED) is 0.643. The van der Waals surface area contributed by atoms with Crippen molar-refractivity contribution in [3.63, 3.8) is 0 Å². The summed E-state index contributed by atoms with van der Waals surface area (Å²) in [6, 6.07) is 9.91. The highest BCUT2D eigenvalue weighted by molar-refractivity contribution is 5.97. The molecular weight excluding hydrogens is 160 g/mol. The third-order valence-corrected chi connectivity index (χ3v) is 1.97. The fourth-order valence-corrected chi connectivity index (χ4v) is 1.20. The summed E-state index contributed by atoms with van der Waals surface area (Å²) in [4.78, 5) is 11.1. The first-order valence-corrected chi connectivity index (χ1v) is 4.50. The van der Waals surface area contributed by atoms with Crippen molar-refractivity contribution in [2.45, 2.75) is 20.3 Å². The fraction of sp³-hybridized carbons (Fsp3) is 0.250. The molecule has 0 heterocycles. The lowest BCUT2D eigenvalue weighted by Crippen LogP contribution is -1.94. The van der Waals surface area contributed by atoms with Crippen molar-refractivity contribution in [2.24, 2.45) is 0 Å². The molecule has 0 amide bonds. The lowest BCUT2D eigenvalue weighted by atomic mass is 10.1. The molecule has 0 fully saturated rings. The number of benzene rings is 1. The third kappa shape index (κ3) is 2.86. The zero-order valence-electron chi connectivity index (χ0n) is 8.08. The Morgan fingerprint density at radius 2 is 1.92 bits per heavy atom. The van der Waals surface area contributed by atoms with Gasteiger partial charge >= 0.3 is 0 Å². The van der Waals surface area contributed by atoms with Crippen LogP contribution in [0.5, 0.6) is 0 Å². The van der Waals surface area contributed by atoms with Gasteiger partial charge in [-0.15, -0.1) is 0 Å². The van der Waals surface area contributed by atoms with Crippen LogP contribution in [0.1, 0.15) is 25.8 Å². The van der Waals surface area contributed by atoms with Crippen molar-refractivity contribution in [3.8, 4) is 0 Å². The van der Waals surface area contributed by atoms with Crippen LogP contribution >= 0.6 is 0 Å². The number of hydrogen-bond acceptors (Lipinski definition) is 1. The third-order valence-electron chi connectivity index (χ3n) is 1.97. The van der Waals surface area contributed by atoms with E-state index in [-0.39, 0.29) is 5.78 Å². The molecule has 13 heavy (non-hydrogen) atoms. The van der Waals surface area contributed by atoms with Gasteiger partial charge in [0.1, 0.15) is 0 Å². The second-order valence-electron chi connectivity index (χ2n) is 2.99. The summed E-state index contributed by atoms with van der Waals surface area (Å²) in [6.45, 7) is 3.61. The van der Waals surface area contributed by atoms with Gasteiger partial charge in [0.05, 0.1) is 0 Å². The number of rotatable bonds is 3. The Morgan fingerprint density at radius 1 is 1.31 bits per heavy atom. The highest BCUT2D eigenvalue weighted by Crippen LogP contribution is 2.09. The molecule has 1 heteroatoms. The maximum atomic E-state index is 11.1. The van der Waals surface area contributed by atoms with E-state index in [2.05, 4.69) is 0 Å². The van der Waals surface area contributed by atoms with Crippen LogP contribution in [0.2, 0.25) is 0 Å². The van der Waals surface area contributed by atoms with Crippen LogP contribution in [-0.4, -0.2) is 5.78 Å². The summed E-state index contributed by atoms with van der Waals surface area (Å²) < 4.78 is 0. The van der Waals surface area contributed by atoms with E-state index in [1.807, 2.05) is 43.3 Å². The van der Waals surface area contributed by atoms with Gasteiger partial charge in [-0.2, -0.15) is 0 Å². The van der Waals surface area contributed by atoms with Crippen molar-refractivity contribution in [3.05, 3.63) is 41.5 Å². The number of Topliss-reactive ketones (excluding diaryl/α,β-unsaturated/α-hetero) is 1. The van der Waals surface area contributed by atoms with E-state index in [1.54, 1.807) is 6.92 Å². The predicted octanol–water partition coefficient (Wildman–Crippen LogP) is 3.07. The van der Waals surface area contributed by atoms with E-state index < -0.39 is 0 Å². The lowest BCUT2D eigenvalue weighted by Gasteiger charge is -1.98. The zero-order chi connectivity index (χ0) is 9.68. The summed E-state index contributed by atoms with van der Waals surface area (Å²) in [5.74, 6) is 0.159. The van der Waals surface area contributed by atoms with E-state index in [9.17, 15) is 4.79 Å². The summed E-state index contributed by atoms with van der Waals surface area (Å²) in [5.41, 5.74) is 1.97. The number of ketones is 1. The zero-order valence-corrected chi connectivity index (χ0v) is 8.08. The lowest BCUT2D eigenvalue weighted by molar-refractivity contribution is -0.113. The minimum Gasteiger partial charge on any atom is -0.295 e. The SMILES string of the molecule is CCC(=Cc1ccccc1)C(C)=O. The maximum Gasteiger partial charge on any atom is 0.155 e. The van der Waals surface area contributed by atoms with Crippen LogP contribution in [-0.2, 0) is 4.79 Å². The molecular formula is C12H14O. The van der Waals surface area contributed by atoms with E-state index in [0.29, 0.717) is 0 Å². The molecule has 68 valence electrons. The van der Waals surface area contributed by atoms with E-state index >= 15 is 0 Å². The van der Waals surface area contributed by atoms with E-state index in [1.165, 1.54) is 0 Å². The molecule has 0 N–H and O–H groups in total. The van der Waals surface area contributed by atoms with Crippen molar-refractivity contribution in [1.29, 1.82) is 0 Å². The Balaban J connectivity index is 2.92. The minimum atomic E-state index is 0.159. The molecule has 0 aliphatic carbocycles. The van der Waals surface area contributed by atoms with Crippen LogP contribution in [0.15, 0.2) is 35.9 Å². The van der Waals surface area contributed by atoms with Crippen LogP contribution in [0.3, 0.4) is 0 Å². The predicted molar refractivity (Wildman–Crippen MR) is 55.4 cm³/mol. The molecule has 0 aliphatic rings. The average molecular weight is 174 g/mol. The molecule has 0 saturated heterocycles. The maximum absolute atomic E-state index is 11.1. The molecule has 0 bridgehead atoms. The van der Waals surface area contributed by atoms with Gasteiger partial charge in [0, 0.05) is 0 Å². The van der Waals surface area contributed by atoms with Gasteiger partial charge in [0.2, 0.25) is 0 Å². The van der Waals surface area contributed by atoms with Gasteiger partial charge < -0.3 is 0 Å². The normalized spacial score (nSPS) is 11.4. The van der Waals surface area contributed by atoms with E-state index in [0.717, 1.165) is 17.6 Å². The molecule has 0 atom stereocenters. The van der Waals surface area contributed by atoms with Crippen molar-refractivity contribution >= 4 is 11.9 Å². The largest absolute Gasteiger partial charge is 0.295 e. The monoisotopic (exact) mass is 174 g/mol. The Hall–Kier alpha value is -1.37. The standard InChI is InChI=1S/C12H14O/c1-3-12(10(2)13)9-11-7-5-4-6-8-11/h4-9H,3H2,1-2H3. The van der Waals surface area contributed by atoms with Gasteiger partial charge in [-0.3, -0.25) is 4.79 Å². The highest BCUT2D eigenvalue weighted by atomic mass is 16.1. The molecule has 1 rings (SSSR count). The Labute approximate surface area is 79.1 Å². The summed E-state index contributed by atoms with van der Waals surface area (Å²) in [6.07, 6.45) is 2.74. The Morgan fingerprint density at radius 3 is 2.38 bits per heavy atom. The summed E-state index contributed by atoms with van der Waals surface area (Å²) in [5, 5.41) is 0. The van der Waals surface area contributed by atoms with Gasteiger partial charge in [0.25, 0.3) is 0 Å². The second kappa shape index (κ2) is 4.61. The van der Waals surface area contributed by atoms with E-state index in [4.69, 9.17) is 0 Å². The summed E-state index contributed by atoms with van der Waals surface area (Å²) >= 11 is 0. The Kier molecular flexibility index (Phi) is 3.44. The molecule has 1 aromatic carbocycles. The molecule has 0 aromatic heterocycles. The number of hydrogen-bond donors (Lipinski definition) is 0. The van der Waals surface area contributed by atoms with Crippen molar-refractivity contribution in [1.82, 2.24) is 0 Å². The van der Waals surface area contributed by atoms with Crippen LogP contribution < -0.4 is 0 Å². The van der Waals surface area contributed by atoms with Crippen LogP contribution in [0, 0.1) is 0 Å². The van der Waals surface area contributed by atoms with Gasteiger partial charge in [-0.1, -0.05) is 37.3 Å². The second-order valence-corrected chi connectivity index (χ2v) is 2.99. The minimum absolute atomic E-state index is 0.159. The molecule has 0 aliphatic heterocycles. The number of allylic oxidation sites excluding steroid dienone is 1. The van der Waals surface area contributed by atoms with Gasteiger partial charge in [-0.25, -0.2) is 0 Å². The first-order valence-electron chi connectivity index (χ1n) is 4.50. The molecule has 0 unspecified atom stereocenters. The van der Waals surface area contributed by atoms with Gasteiger partial charge in [0.15, 0.2) is 5.78 Å². The molecule has 1 nitrogen and oxygen atoms in total. The number of carbonyl (C=O) groups is 1. The first kappa shape index (κ1) is 9.72. The fourth-order valence-electron chi connectivity index (χ4n) is 1.20. The Bertz CT molecular complexity index is 309. The van der Waals surface area contributed by atoms with Crippen LogP contribution in [0.25, 0.3) is 6.08 Å². The summed E-state index contributed by atoms with van der Waals surface area (Å²) in [7, 11) is 0. The van der Waals surface area contributed by atoms with Gasteiger partial charge in [-0.05, 0) is 30.6 Å². The number of carbonyl (C=O) groups excluding carboxylic acids is 1. The van der Waals surface area contributed by atoms with Crippen molar-refractivity contribution < 1.29 is 4.79 Å². The first-order chi connectivity index (χ1) is 6.24. The smallest absolute Gasteiger partial charge is 0.155 e. The van der Waals surface area contributed by atoms with Crippen LogP contribution in [0.4, 0.5) is 0 Å². The van der Waals surface area contributed by atoms with Crippen molar-refractivity contribution in [2.75, 3.05) is 0 Å². The average Bonchev–Trinajstić information content (AvgIpc) is 2.15. The highest BCUT2D eigenvalue weighted by Gasteiger charge is 1.99. The molecule has 0 spiro atoms.